The van der Waals surface area contributed by atoms with Crippen LogP contribution in [0.15, 0.2) is 84.1 Å². The van der Waals surface area contributed by atoms with Crippen molar-refractivity contribution < 1.29 is 4.39 Å². The molecule has 0 atom stereocenters. The van der Waals surface area contributed by atoms with Gasteiger partial charge in [0.15, 0.2) is 0 Å². The van der Waals surface area contributed by atoms with Crippen LogP contribution in [-0.4, -0.2) is 25.0 Å². The Kier molecular flexibility index (Phi) is 6.81. The lowest BCUT2D eigenvalue weighted by Crippen LogP contribution is -2.32. The minimum absolute atomic E-state index is 0.205. The Morgan fingerprint density at radius 3 is 2.42 bits per heavy atom. The molecular weight excluding hydrogens is 432 g/mol. The average molecular weight is 456 g/mol. The minimum atomic E-state index is -0.205. The predicted molar refractivity (Wildman–Crippen MR) is 127 cm³/mol. The lowest BCUT2D eigenvalue weighted by atomic mass is 10.1. The fourth-order valence-corrected chi connectivity index (χ4v) is 4.12. The third kappa shape index (κ3) is 5.79. The monoisotopic (exact) mass is 455 g/mol. The summed E-state index contributed by atoms with van der Waals surface area (Å²) in [5.41, 5.74) is 9.17. The maximum Gasteiger partial charge on any atom is 0.123 e. The van der Waals surface area contributed by atoms with E-state index in [1.54, 1.807) is 12.1 Å². The Bertz CT molecular complexity index is 1080. The molecule has 0 amide bonds. The van der Waals surface area contributed by atoms with Gasteiger partial charge in [-0.3, -0.25) is 9.91 Å². The number of hydrogen-bond donors (Lipinski definition) is 1. The van der Waals surface area contributed by atoms with Gasteiger partial charge in [0.1, 0.15) is 5.82 Å². The molecule has 1 aliphatic heterocycles. The molecule has 31 heavy (non-hydrogen) atoms. The van der Waals surface area contributed by atoms with Crippen molar-refractivity contribution in [2.45, 2.75) is 13.0 Å². The van der Waals surface area contributed by atoms with Crippen molar-refractivity contribution in [3.8, 4) is 0 Å². The molecule has 6 heteroatoms. The molecule has 0 saturated heterocycles. The van der Waals surface area contributed by atoms with E-state index >= 15 is 0 Å². The molecule has 3 nitrogen and oxygen atoms in total. The van der Waals surface area contributed by atoms with Crippen LogP contribution in [-0.2, 0) is 13.0 Å². The van der Waals surface area contributed by atoms with E-state index in [1.807, 2.05) is 54.6 Å². The largest absolute Gasteiger partial charge is 0.302 e. The summed E-state index contributed by atoms with van der Waals surface area (Å²) in [7, 11) is 2.06. The number of benzene rings is 3. The van der Waals surface area contributed by atoms with Gasteiger partial charge in [-0.2, -0.15) is 0 Å². The summed E-state index contributed by atoms with van der Waals surface area (Å²) in [5.74, 6) is -0.205. The number of nitrogens with zero attached hydrogens (tertiary/aromatic N) is 2. The van der Waals surface area contributed by atoms with Crippen LogP contribution in [0.3, 0.4) is 0 Å². The van der Waals surface area contributed by atoms with E-state index in [4.69, 9.17) is 23.2 Å². The number of nitrogens with one attached hydrogen (secondary N) is 1. The van der Waals surface area contributed by atoms with Gasteiger partial charge >= 0.3 is 0 Å². The van der Waals surface area contributed by atoms with Crippen molar-refractivity contribution in [3.63, 3.8) is 0 Å². The van der Waals surface area contributed by atoms with E-state index in [0.717, 1.165) is 41.5 Å². The van der Waals surface area contributed by atoms with Gasteiger partial charge in [0.05, 0.1) is 12.2 Å². The molecule has 0 spiro atoms. The summed E-state index contributed by atoms with van der Waals surface area (Å²) in [6.07, 6.45) is 0.775. The second-order valence-electron chi connectivity index (χ2n) is 7.87. The van der Waals surface area contributed by atoms with Crippen molar-refractivity contribution >= 4 is 28.9 Å². The standard InChI is InChI=1S/C25H24Cl2FN3/c1-30(15-19-4-2-6-23(28)12-19)16-20-17-31(24-7-3-5-22(27)14-24)29-25(20)13-18-8-10-21(26)11-9-18/h2-12,14,29H,13,15-17H2,1H3. The molecular formula is C25H24Cl2FN3. The SMILES string of the molecule is CN(CC1=C(Cc2ccc(Cl)cc2)NN(c2cccc(Cl)c2)C1)Cc1cccc(F)c1. The maximum absolute atomic E-state index is 13.6. The molecule has 0 aliphatic carbocycles. The van der Waals surface area contributed by atoms with Crippen LogP contribution in [0.4, 0.5) is 10.1 Å². The third-order valence-electron chi connectivity index (χ3n) is 5.26. The van der Waals surface area contributed by atoms with E-state index in [0.29, 0.717) is 11.6 Å². The van der Waals surface area contributed by atoms with Crippen LogP contribution in [0, 0.1) is 5.82 Å². The minimum Gasteiger partial charge on any atom is -0.302 e. The number of hydrazine groups is 1. The van der Waals surface area contributed by atoms with Crippen LogP contribution >= 0.6 is 23.2 Å². The third-order valence-corrected chi connectivity index (χ3v) is 5.75. The van der Waals surface area contributed by atoms with Crippen LogP contribution < -0.4 is 10.4 Å². The lowest BCUT2D eigenvalue weighted by Gasteiger charge is -2.21. The Morgan fingerprint density at radius 1 is 0.903 bits per heavy atom. The van der Waals surface area contributed by atoms with Gasteiger partial charge in [-0.15, -0.1) is 0 Å². The molecule has 3 aromatic carbocycles. The van der Waals surface area contributed by atoms with Gasteiger partial charge in [0.25, 0.3) is 0 Å². The summed E-state index contributed by atoms with van der Waals surface area (Å²) in [6, 6.07) is 22.5. The van der Waals surface area contributed by atoms with Crippen LogP contribution in [0.5, 0.6) is 0 Å². The topological polar surface area (TPSA) is 18.5 Å². The van der Waals surface area contributed by atoms with Gasteiger partial charge in [0, 0.05) is 35.3 Å². The number of anilines is 1. The Labute approximate surface area is 192 Å². The van der Waals surface area contributed by atoms with Crippen molar-refractivity contribution in [2.24, 2.45) is 0 Å². The summed E-state index contributed by atoms with van der Waals surface area (Å²) >= 11 is 12.3. The molecule has 1 heterocycles. The number of allylic oxidation sites excluding steroid dienone is 1. The van der Waals surface area contributed by atoms with Crippen molar-refractivity contribution in [3.05, 3.63) is 111 Å². The zero-order chi connectivity index (χ0) is 21.8. The van der Waals surface area contributed by atoms with Crippen LogP contribution in [0.2, 0.25) is 10.0 Å². The first-order valence-corrected chi connectivity index (χ1v) is 10.9. The van der Waals surface area contributed by atoms with Crippen LogP contribution in [0.1, 0.15) is 11.1 Å². The predicted octanol–water partition coefficient (Wildman–Crippen LogP) is 6.09. The van der Waals surface area contributed by atoms with E-state index in [-0.39, 0.29) is 5.82 Å². The van der Waals surface area contributed by atoms with Gasteiger partial charge in [-0.05, 0) is 66.2 Å². The van der Waals surface area contributed by atoms with Crippen molar-refractivity contribution in [1.82, 2.24) is 10.3 Å². The zero-order valence-corrected chi connectivity index (χ0v) is 18.8. The highest BCUT2D eigenvalue weighted by atomic mass is 35.5. The molecule has 0 aromatic heterocycles. The molecule has 4 rings (SSSR count). The molecule has 1 N–H and O–H groups in total. The number of likely N-dealkylation sites (N-methyl/N-ethyl adjacent to an activating group) is 1. The van der Waals surface area contributed by atoms with Gasteiger partial charge < -0.3 is 5.43 Å². The lowest BCUT2D eigenvalue weighted by molar-refractivity contribution is 0.353. The normalized spacial score (nSPS) is 13.8. The Morgan fingerprint density at radius 2 is 1.68 bits per heavy atom. The molecule has 160 valence electrons. The molecule has 0 fully saturated rings. The first-order chi connectivity index (χ1) is 15.0. The number of rotatable bonds is 7. The second-order valence-corrected chi connectivity index (χ2v) is 8.74. The van der Waals surface area contributed by atoms with E-state index in [1.165, 1.54) is 17.2 Å². The van der Waals surface area contributed by atoms with E-state index in [9.17, 15) is 4.39 Å². The quantitative estimate of drug-likeness (QED) is 0.465. The summed E-state index contributed by atoms with van der Waals surface area (Å²) in [6.45, 7) is 2.19. The second kappa shape index (κ2) is 9.73. The summed E-state index contributed by atoms with van der Waals surface area (Å²) in [4.78, 5) is 2.20. The first kappa shape index (κ1) is 21.7. The van der Waals surface area contributed by atoms with Gasteiger partial charge in [0.2, 0.25) is 0 Å². The molecule has 0 radical (unpaired) electrons. The number of halogens is 3. The smallest absolute Gasteiger partial charge is 0.123 e. The molecule has 0 saturated carbocycles. The van der Waals surface area contributed by atoms with Crippen LogP contribution in [0.25, 0.3) is 0 Å². The van der Waals surface area contributed by atoms with Crippen molar-refractivity contribution in [2.75, 3.05) is 25.1 Å². The van der Waals surface area contributed by atoms with Gasteiger partial charge in [-0.25, -0.2) is 4.39 Å². The molecule has 0 bridgehead atoms. The zero-order valence-electron chi connectivity index (χ0n) is 17.3. The Hall–Kier alpha value is -2.53. The van der Waals surface area contributed by atoms with Gasteiger partial charge in [-0.1, -0.05) is 53.5 Å². The number of hydrogen-bond acceptors (Lipinski definition) is 3. The molecule has 3 aromatic rings. The first-order valence-electron chi connectivity index (χ1n) is 10.1. The fourth-order valence-electron chi connectivity index (χ4n) is 3.81. The average Bonchev–Trinajstić information content (AvgIpc) is 3.12. The summed E-state index contributed by atoms with van der Waals surface area (Å²) in [5, 5.41) is 3.55. The maximum atomic E-state index is 13.6. The molecule has 0 unspecified atom stereocenters. The van der Waals surface area contributed by atoms with E-state index in [2.05, 4.69) is 22.4 Å². The summed E-state index contributed by atoms with van der Waals surface area (Å²) < 4.78 is 13.6. The fraction of sp³-hybridized carbons (Fsp3) is 0.200. The highest BCUT2D eigenvalue weighted by Crippen LogP contribution is 2.26. The van der Waals surface area contributed by atoms with E-state index < -0.39 is 0 Å². The highest BCUT2D eigenvalue weighted by molar-refractivity contribution is 6.31. The molecule has 1 aliphatic rings. The Balaban J connectivity index is 1.53. The highest BCUT2D eigenvalue weighted by Gasteiger charge is 2.23. The van der Waals surface area contributed by atoms with Crippen molar-refractivity contribution in [1.29, 1.82) is 0 Å².